The first-order chi connectivity index (χ1) is 13.0. The quantitative estimate of drug-likeness (QED) is 0.492. The molecule has 2 aliphatic carbocycles. The zero-order valence-electron chi connectivity index (χ0n) is 16.3. The van der Waals surface area contributed by atoms with Gasteiger partial charge in [-0.1, -0.05) is 27.2 Å². The third kappa shape index (κ3) is 4.87. The molecule has 0 aliphatic heterocycles. The summed E-state index contributed by atoms with van der Waals surface area (Å²) in [4.78, 5) is 36.4. The smallest absolute Gasteiger partial charge is 0.259 e. The van der Waals surface area contributed by atoms with Crippen molar-refractivity contribution in [3.05, 3.63) is 0 Å². The average Bonchev–Trinajstić information content (AvgIpc) is 3.51. The Bertz CT molecular complexity index is 725. The van der Waals surface area contributed by atoms with Crippen LogP contribution in [-0.2, 0) is 24.4 Å². The molecule has 2 saturated carbocycles. The Hall–Kier alpha value is -1.58. The minimum absolute atomic E-state index is 0.138. The normalized spacial score (nSPS) is 27.6. The van der Waals surface area contributed by atoms with Crippen molar-refractivity contribution in [3.63, 3.8) is 0 Å². The van der Waals surface area contributed by atoms with Gasteiger partial charge in [-0.25, -0.2) is 17.2 Å². The third-order valence-electron chi connectivity index (χ3n) is 5.79. The second-order valence-corrected chi connectivity index (χ2v) is 10.1. The lowest BCUT2D eigenvalue weighted by atomic mass is 9.84. The molecule has 0 aromatic heterocycles. The van der Waals surface area contributed by atoms with E-state index in [1.807, 2.05) is 18.6 Å². The Labute approximate surface area is 164 Å². The lowest BCUT2D eigenvalue weighted by molar-refractivity contribution is -0.133. The van der Waals surface area contributed by atoms with Gasteiger partial charge in [0.2, 0.25) is 22.4 Å². The largest absolute Gasteiger partial charge is 0.341 e. The molecule has 0 aromatic carbocycles. The number of alkyl halides is 2. The van der Waals surface area contributed by atoms with E-state index in [0.29, 0.717) is 25.5 Å². The van der Waals surface area contributed by atoms with Gasteiger partial charge in [-0.15, -0.1) is 0 Å². The van der Waals surface area contributed by atoms with Gasteiger partial charge < -0.3 is 10.1 Å². The molecule has 0 spiro atoms. The van der Waals surface area contributed by atoms with Crippen LogP contribution in [-0.4, -0.2) is 43.7 Å². The fourth-order valence-corrected chi connectivity index (χ4v) is 4.75. The van der Waals surface area contributed by atoms with Gasteiger partial charge in [0, 0.05) is 11.8 Å². The fraction of sp³-hybridized carbons (Fsp3) is 0.833. The van der Waals surface area contributed by atoms with Gasteiger partial charge in [0.25, 0.3) is 5.91 Å². The zero-order valence-corrected chi connectivity index (χ0v) is 17.1. The van der Waals surface area contributed by atoms with E-state index in [4.69, 9.17) is 0 Å². The molecule has 2 fully saturated rings. The van der Waals surface area contributed by atoms with Crippen LogP contribution in [0, 0.1) is 23.7 Å². The molecule has 28 heavy (non-hydrogen) atoms. The molecule has 0 bridgehead atoms. The lowest BCUT2D eigenvalue weighted by Gasteiger charge is -2.27. The molecule has 2 aliphatic rings. The second kappa shape index (κ2) is 8.42. The van der Waals surface area contributed by atoms with E-state index in [1.165, 1.54) is 0 Å². The molecule has 2 N–H and O–H groups in total. The maximum Gasteiger partial charge on any atom is 0.259 e. The summed E-state index contributed by atoms with van der Waals surface area (Å²) in [5.74, 6) is -4.34. The Morgan fingerprint density at radius 3 is 2.29 bits per heavy atom. The highest BCUT2D eigenvalue weighted by Crippen LogP contribution is 2.48. The lowest BCUT2D eigenvalue weighted by Crippen LogP contribution is -2.54. The molecule has 5 unspecified atom stereocenters. The van der Waals surface area contributed by atoms with Crippen molar-refractivity contribution in [1.82, 2.24) is 10.0 Å². The summed E-state index contributed by atoms with van der Waals surface area (Å²) < 4.78 is 52.5. The highest BCUT2D eigenvalue weighted by atomic mass is 32.2. The second-order valence-electron chi connectivity index (χ2n) is 8.12. The van der Waals surface area contributed by atoms with Crippen LogP contribution < -0.4 is 10.0 Å². The van der Waals surface area contributed by atoms with E-state index in [2.05, 4.69) is 5.32 Å². The molecular formula is C18H28F2N2O5S. The maximum absolute atomic E-state index is 13.3. The molecule has 2 amide bonds. The summed E-state index contributed by atoms with van der Waals surface area (Å²) in [5, 5.41) is 1.73. The number of nitrogens with one attached hydrogen (secondary N) is 2. The number of hydrogen-bond acceptors (Lipinski definition) is 5. The van der Waals surface area contributed by atoms with E-state index in [9.17, 15) is 31.6 Å². The predicted octanol–water partition coefficient (Wildman–Crippen LogP) is 1.62. The number of aldehydes is 1. The average molecular weight is 422 g/mol. The van der Waals surface area contributed by atoms with Gasteiger partial charge in [0.15, 0.2) is 0 Å². The predicted molar refractivity (Wildman–Crippen MR) is 97.9 cm³/mol. The number of rotatable bonds is 11. The first kappa shape index (κ1) is 22.7. The topological polar surface area (TPSA) is 109 Å². The minimum atomic E-state index is -3.92. The zero-order chi connectivity index (χ0) is 21.3. The van der Waals surface area contributed by atoms with Crippen LogP contribution in [0.15, 0.2) is 0 Å². The highest BCUT2D eigenvalue weighted by molar-refractivity contribution is 7.91. The number of amides is 2. The van der Waals surface area contributed by atoms with Crippen LogP contribution in [0.1, 0.15) is 52.9 Å². The van der Waals surface area contributed by atoms with Crippen molar-refractivity contribution in [2.45, 2.75) is 70.1 Å². The van der Waals surface area contributed by atoms with Crippen LogP contribution in [0.5, 0.6) is 0 Å². The standard InChI is InChI=1S/C18H28F2N2O5S/c1-4-11(3)13(7-10(2)9-23)16(24)21-18(8-14(18)15(19)20)17(25)22-28(26,27)12-5-6-12/h9-15H,4-8H2,1-3H3,(H,21,24)(H,22,25). The van der Waals surface area contributed by atoms with E-state index < -0.39 is 56.8 Å². The molecule has 2 rings (SSSR count). The molecule has 160 valence electrons. The number of carbonyl (C=O) groups is 3. The molecule has 0 radical (unpaired) electrons. The highest BCUT2D eigenvalue weighted by Gasteiger charge is 2.66. The third-order valence-corrected chi connectivity index (χ3v) is 7.61. The molecule has 10 heteroatoms. The summed E-state index contributed by atoms with van der Waals surface area (Å²) in [5.41, 5.74) is -1.93. The van der Waals surface area contributed by atoms with E-state index >= 15 is 0 Å². The van der Waals surface area contributed by atoms with Gasteiger partial charge in [0.1, 0.15) is 11.8 Å². The van der Waals surface area contributed by atoms with Gasteiger partial charge >= 0.3 is 0 Å². The van der Waals surface area contributed by atoms with Crippen LogP contribution >= 0.6 is 0 Å². The van der Waals surface area contributed by atoms with E-state index in [1.54, 1.807) is 6.92 Å². The Balaban J connectivity index is 2.19. The van der Waals surface area contributed by atoms with Crippen LogP contribution in [0.2, 0.25) is 0 Å². The molecule has 5 atom stereocenters. The number of sulfonamides is 1. The van der Waals surface area contributed by atoms with Crippen LogP contribution in [0.3, 0.4) is 0 Å². The summed E-state index contributed by atoms with van der Waals surface area (Å²) in [6, 6.07) is 0. The fourth-order valence-electron chi connectivity index (χ4n) is 3.39. The number of hydrogen-bond donors (Lipinski definition) is 2. The van der Waals surface area contributed by atoms with Crippen molar-refractivity contribution < 1.29 is 31.6 Å². The molecule has 0 aromatic rings. The van der Waals surface area contributed by atoms with E-state index in [-0.39, 0.29) is 18.8 Å². The van der Waals surface area contributed by atoms with Gasteiger partial charge in [-0.2, -0.15) is 0 Å². The molecule has 0 heterocycles. The van der Waals surface area contributed by atoms with Crippen LogP contribution in [0.4, 0.5) is 8.78 Å². The van der Waals surface area contributed by atoms with Crippen LogP contribution in [0.25, 0.3) is 0 Å². The molecular weight excluding hydrogens is 394 g/mol. The van der Waals surface area contributed by atoms with Gasteiger partial charge in [-0.05, 0) is 31.6 Å². The van der Waals surface area contributed by atoms with E-state index in [0.717, 1.165) is 0 Å². The summed E-state index contributed by atoms with van der Waals surface area (Å²) in [6.45, 7) is 5.32. The Morgan fingerprint density at radius 1 is 1.25 bits per heavy atom. The molecule has 7 nitrogen and oxygen atoms in total. The van der Waals surface area contributed by atoms with Crippen molar-refractivity contribution in [3.8, 4) is 0 Å². The Kier molecular flexibility index (Phi) is 6.83. The minimum Gasteiger partial charge on any atom is -0.341 e. The van der Waals surface area contributed by atoms with Crippen molar-refractivity contribution in [2.24, 2.45) is 23.7 Å². The Morgan fingerprint density at radius 2 is 1.86 bits per heavy atom. The maximum atomic E-state index is 13.3. The summed E-state index contributed by atoms with van der Waals surface area (Å²) in [7, 11) is -3.92. The first-order valence-corrected chi connectivity index (χ1v) is 11.1. The first-order valence-electron chi connectivity index (χ1n) is 9.60. The van der Waals surface area contributed by atoms with Crippen molar-refractivity contribution >= 4 is 28.1 Å². The monoisotopic (exact) mass is 422 g/mol. The van der Waals surface area contributed by atoms with Gasteiger partial charge in [0.05, 0.1) is 11.2 Å². The molecule has 0 saturated heterocycles. The number of halogens is 2. The van der Waals surface area contributed by atoms with Crippen molar-refractivity contribution in [2.75, 3.05) is 0 Å². The van der Waals surface area contributed by atoms with Gasteiger partial charge in [-0.3, -0.25) is 14.3 Å². The summed E-state index contributed by atoms with van der Waals surface area (Å²) >= 11 is 0. The summed E-state index contributed by atoms with van der Waals surface area (Å²) in [6.07, 6.45) is -0.796. The number of carbonyl (C=O) groups excluding carboxylic acids is 3. The van der Waals surface area contributed by atoms with Crippen molar-refractivity contribution in [1.29, 1.82) is 0 Å². The SMILES string of the molecule is CCC(C)C(CC(C)C=O)C(=O)NC1(C(=O)NS(=O)(=O)C2CC2)CC1C(F)F.